The van der Waals surface area contributed by atoms with E-state index in [9.17, 15) is 41.0 Å². The Balaban J connectivity index is 1.54. The molecule has 2 saturated heterocycles. The Labute approximate surface area is 287 Å². The van der Waals surface area contributed by atoms with Gasteiger partial charge in [-0.15, -0.1) is 0 Å². The number of hydrogen-bond donors (Lipinski definition) is 1. The van der Waals surface area contributed by atoms with Gasteiger partial charge in [-0.2, -0.15) is 26.3 Å². The van der Waals surface area contributed by atoms with E-state index in [1.54, 1.807) is 18.7 Å². The van der Waals surface area contributed by atoms with Gasteiger partial charge in [0.05, 0.1) is 29.8 Å². The molecule has 2 fully saturated rings. The lowest BCUT2D eigenvalue weighted by atomic mass is 9.86. The molecule has 2 aromatic rings. The smallest absolute Gasteiger partial charge is 0.412 e. The van der Waals surface area contributed by atoms with Crippen molar-refractivity contribution in [3.63, 3.8) is 0 Å². The molecule has 0 bridgehead atoms. The van der Waals surface area contributed by atoms with Crippen LogP contribution in [0, 0.1) is 17.6 Å². The molecule has 3 heterocycles. The summed E-state index contributed by atoms with van der Waals surface area (Å²) in [5.74, 6) is -6.04. The molecule has 1 N–H and O–H groups in total. The Hall–Kier alpha value is -4.76. The number of ether oxygens (including phenoxy) is 1. The van der Waals surface area contributed by atoms with Crippen LogP contribution in [0.3, 0.4) is 0 Å². The Kier molecular flexibility index (Phi) is 10.4. The molecular weight excluding hydrogens is 692 g/mol. The van der Waals surface area contributed by atoms with Gasteiger partial charge in [0.25, 0.3) is 0 Å². The summed E-state index contributed by atoms with van der Waals surface area (Å²) in [6.45, 7) is 6.93. The molecule has 16 heteroatoms. The molecule has 8 nitrogen and oxygen atoms in total. The first-order valence-corrected chi connectivity index (χ1v) is 16.0. The van der Waals surface area contributed by atoms with Crippen LogP contribution >= 0.6 is 0 Å². The van der Waals surface area contributed by atoms with Crippen LogP contribution in [0.1, 0.15) is 57.7 Å². The van der Waals surface area contributed by atoms with Gasteiger partial charge in [0, 0.05) is 48.0 Å². The van der Waals surface area contributed by atoms with Crippen LogP contribution in [0.25, 0.3) is 11.1 Å². The second-order valence-corrected chi connectivity index (χ2v) is 12.7. The maximum atomic E-state index is 15.6. The molecule has 5 rings (SSSR count). The summed E-state index contributed by atoms with van der Waals surface area (Å²) in [5.41, 5.74) is -1.48. The van der Waals surface area contributed by atoms with E-state index in [1.165, 1.54) is 38.3 Å². The Morgan fingerprint density at radius 1 is 1.12 bits per heavy atom. The monoisotopic (exact) mass is 726 g/mol. The maximum Gasteiger partial charge on any atom is 0.412 e. The van der Waals surface area contributed by atoms with E-state index >= 15 is 8.78 Å². The summed E-state index contributed by atoms with van der Waals surface area (Å²) in [5, 5.41) is 9.42. The highest BCUT2D eigenvalue weighted by atomic mass is 19.4. The minimum absolute atomic E-state index is 0.0171. The van der Waals surface area contributed by atoms with E-state index in [2.05, 4.69) is 9.97 Å². The lowest BCUT2D eigenvalue weighted by Crippen LogP contribution is -2.39. The van der Waals surface area contributed by atoms with Crippen LogP contribution in [-0.4, -0.2) is 69.6 Å². The van der Waals surface area contributed by atoms with Crippen molar-refractivity contribution in [2.24, 2.45) is 5.92 Å². The molecule has 1 aromatic heterocycles. The van der Waals surface area contributed by atoms with Gasteiger partial charge in [-0.1, -0.05) is 24.6 Å². The molecule has 1 aliphatic carbocycles. The molecule has 2 unspecified atom stereocenters. The Bertz CT molecular complexity index is 1850. The van der Waals surface area contributed by atoms with Gasteiger partial charge >= 0.3 is 24.4 Å². The van der Waals surface area contributed by atoms with Crippen LogP contribution in [0.2, 0.25) is 0 Å². The van der Waals surface area contributed by atoms with Crippen LogP contribution in [0.5, 0.6) is 0 Å². The molecule has 0 spiro atoms. The Morgan fingerprint density at radius 2 is 1.80 bits per heavy atom. The highest BCUT2D eigenvalue weighted by Crippen LogP contribution is 2.44. The third-order valence-corrected chi connectivity index (χ3v) is 9.46. The molecule has 4 atom stereocenters. The van der Waals surface area contributed by atoms with Gasteiger partial charge in [0.2, 0.25) is 5.95 Å². The SMILES string of the molecule is C/C=C(\C=C(\C)C(C)c1cc(-c2cnc(N3CCC3)nc2CN2C(=O)O[C@H](C3=CC(C(F)(F)F)CC(C(F)(F)F)=C3)[C@@H]2C)c(F)cc1F)C(=O)O. The number of rotatable bonds is 9. The number of carboxylic acids is 1. The fraction of sp³-hybridized carbons (Fsp3) is 0.429. The van der Waals surface area contributed by atoms with E-state index in [0.29, 0.717) is 36.9 Å². The summed E-state index contributed by atoms with van der Waals surface area (Å²) in [6.07, 6.45) is -7.81. The number of benzene rings is 1. The van der Waals surface area contributed by atoms with Crippen LogP contribution in [-0.2, 0) is 16.1 Å². The first-order chi connectivity index (χ1) is 23.8. The standard InChI is InChI=1S/C35H34F8N4O4/c1-5-20(31(48)49)9-17(2)18(3)24-13-25(28(37)14-27(24)36)26-15-44-32(46-7-6-8-46)45-29(26)16-47-19(4)30(51-33(47)50)21-10-22(34(38,39)40)12-23(11-21)35(41,42)43/h5,9-11,13-15,18-19,22,30H,6-8,12,16H2,1-4H3,(H,48,49)/b17-9-,20-5+/t18?,19-,22?,30-/m0/s1. The van der Waals surface area contributed by atoms with Crippen molar-refractivity contribution in [3.05, 3.63) is 87.8 Å². The van der Waals surface area contributed by atoms with Crippen LogP contribution in [0.4, 0.5) is 45.9 Å². The summed E-state index contributed by atoms with van der Waals surface area (Å²) in [7, 11) is 0. The van der Waals surface area contributed by atoms with Gasteiger partial charge in [-0.25, -0.2) is 28.3 Å². The van der Waals surface area contributed by atoms with Crippen LogP contribution < -0.4 is 4.90 Å². The van der Waals surface area contributed by atoms with Crippen molar-refractivity contribution in [3.8, 4) is 11.1 Å². The number of alkyl halides is 6. The topological polar surface area (TPSA) is 95.9 Å². The van der Waals surface area contributed by atoms with E-state index in [0.717, 1.165) is 11.3 Å². The zero-order valence-corrected chi connectivity index (χ0v) is 27.9. The normalized spacial score (nSPS) is 22.4. The van der Waals surface area contributed by atoms with Gasteiger partial charge in [0.1, 0.15) is 17.7 Å². The molecule has 2 aliphatic heterocycles. The predicted octanol–water partition coefficient (Wildman–Crippen LogP) is 8.42. The molecule has 51 heavy (non-hydrogen) atoms. The van der Waals surface area contributed by atoms with Crippen molar-refractivity contribution >= 4 is 18.0 Å². The average molecular weight is 727 g/mol. The van der Waals surface area contributed by atoms with Crippen molar-refractivity contribution in [1.29, 1.82) is 0 Å². The molecule has 1 amide bonds. The number of carbonyl (C=O) groups excluding carboxylic acids is 1. The third-order valence-electron chi connectivity index (χ3n) is 9.46. The maximum absolute atomic E-state index is 15.6. The quantitative estimate of drug-likeness (QED) is 0.158. The van der Waals surface area contributed by atoms with Crippen molar-refractivity contribution in [2.75, 3.05) is 18.0 Å². The minimum Gasteiger partial charge on any atom is -0.478 e. The number of anilines is 1. The first kappa shape index (κ1) is 37.5. The fourth-order valence-electron chi connectivity index (χ4n) is 6.15. The number of carboxylic acid groups (broad SMARTS) is 1. The zero-order chi connectivity index (χ0) is 37.6. The second kappa shape index (κ2) is 14.1. The number of aliphatic carboxylic acids is 1. The number of allylic oxidation sites excluding steroid dienone is 4. The van der Waals surface area contributed by atoms with Crippen molar-refractivity contribution in [1.82, 2.24) is 14.9 Å². The number of cyclic esters (lactones) is 1. The van der Waals surface area contributed by atoms with E-state index < -0.39 is 84.1 Å². The van der Waals surface area contributed by atoms with Gasteiger partial charge in [0.15, 0.2) is 0 Å². The van der Waals surface area contributed by atoms with Gasteiger partial charge < -0.3 is 14.7 Å². The summed E-state index contributed by atoms with van der Waals surface area (Å²) >= 11 is 0. The first-order valence-electron chi connectivity index (χ1n) is 16.0. The molecular formula is C35H34F8N4O4. The summed E-state index contributed by atoms with van der Waals surface area (Å²) in [6, 6.07) is 0.805. The largest absolute Gasteiger partial charge is 0.478 e. The third kappa shape index (κ3) is 7.78. The predicted molar refractivity (Wildman–Crippen MR) is 169 cm³/mol. The van der Waals surface area contributed by atoms with Crippen molar-refractivity contribution < 1.29 is 54.6 Å². The number of carbonyl (C=O) groups is 2. The lowest BCUT2D eigenvalue weighted by molar-refractivity contribution is -0.166. The van der Waals surface area contributed by atoms with Crippen LogP contribution in [0.15, 0.2) is 64.9 Å². The highest BCUT2D eigenvalue weighted by Gasteiger charge is 2.48. The van der Waals surface area contributed by atoms with Crippen molar-refractivity contribution in [2.45, 2.75) is 77.5 Å². The number of amides is 1. The van der Waals surface area contributed by atoms with E-state index in [4.69, 9.17) is 4.74 Å². The van der Waals surface area contributed by atoms with E-state index in [-0.39, 0.29) is 33.9 Å². The zero-order valence-electron chi connectivity index (χ0n) is 27.9. The van der Waals surface area contributed by atoms with Gasteiger partial charge in [-0.3, -0.25) is 4.90 Å². The molecule has 1 aromatic carbocycles. The number of nitrogens with zero attached hydrogens (tertiary/aromatic N) is 4. The van der Waals surface area contributed by atoms with E-state index in [1.807, 2.05) is 0 Å². The summed E-state index contributed by atoms with van der Waals surface area (Å²) in [4.78, 5) is 36.5. The second-order valence-electron chi connectivity index (χ2n) is 12.7. The molecule has 274 valence electrons. The average Bonchev–Trinajstić information content (AvgIpc) is 3.30. The minimum atomic E-state index is -5.05. The number of hydrogen-bond acceptors (Lipinski definition) is 6. The lowest BCUT2D eigenvalue weighted by Gasteiger charge is -2.31. The summed E-state index contributed by atoms with van der Waals surface area (Å²) < 4.78 is 118. The molecule has 3 aliphatic rings. The highest BCUT2D eigenvalue weighted by molar-refractivity contribution is 5.90. The number of halogens is 8. The number of aromatic nitrogens is 2. The molecule has 0 saturated carbocycles. The Morgan fingerprint density at radius 3 is 2.37 bits per heavy atom. The van der Waals surface area contributed by atoms with Gasteiger partial charge in [-0.05, 0) is 63.0 Å². The fourth-order valence-corrected chi connectivity index (χ4v) is 6.15. The molecule has 0 radical (unpaired) electrons.